The number of nitrogens with one attached hydrogen (secondary N) is 4. The molecule has 2 heterocycles. The smallest absolute Gasteiger partial charge is 0.414 e. The van der Waals surface area contributed by atoms with Gasteiger partial charge in [0.05, 0.1) is 0 Å². The molecule has 8 heteroatoms. The Morgan fingerprint density at radius 2 is 0.882 bits per heavy atom. The molecule has 2 saturated heterocycles. The van der Waals surface area contributed by atoms with Crippen LogP contribution in [0.25, 0.3) is 0 Å². The quantitative estimate of drug-likeness (QED) is 0.217. The molecule has 8 nitrogen and oxygen atoms in total. The van der Waals surface area contributed by atoms with Crippen molar-refractivity contribution >= 4 is 11.9 Å². The van der Waals surface area contributed by atoms with E-state index < -0.39 is 11.9 Å². The van der Waals surface area contributed by atoms with Gasteiger partial charge in [0.1, 0.15) is 0 Å². The van der Waals surface area contributed by atoms with Gasteiger partial charge >= 0.3 is 11.9 Å². The lowest BCUT2D eigenvalue weighted by Crippen LogP contribution is -2.61. The van der Waals surface area contributed by atoms with E-state index in [1.165, 1.54) is 64.5 Å². The van der Waals surface area contributed by atoms with Gasteiger partial charge in [0.15, 0.2) is 0 Å². The highest BCUT2D eigenvalue weighted by Crippen LogP contribution is 2.29. The Bertz CT molecular complexity index is 573. The van der Waals surface area contributed by atoms with E-state index in [1.54, 1.807) is 0 Å². The van der Waals surface area contributed by atoms with Crippen molar-refractivity contribution in [1.29, 1.82) is 0 Å². The summed E-state index contributed by atoms with van der Waals surface area (Å²) in [6, 6.07) is 1.30. The molecular weight excluding hydrogens is 432 g/mol. The van der Waals surface area contributed by atoms with Crippen LogP contribution in [0, 0.1) is 0 Å². The third kappa shape index (κ3) is 13.0. The highest BCUT2D eigenvalue weighted by molar-refractivity contribution is 6.27. The first-order valence-corrected chi connectivity index (χ1v) is 12.9. The van der Waals surface area contributed by atoms with Gasteiger partial charge in [-0.2, -0.15) is 0 Å². The summed E-state index contributed by atoms with van der Waals surface area (Å²) in [5.41, 5.74) is 0.956. The van der Waals surface area contributed by atoms with Crippen LogP contribution >= 0.6 is 0 Å². The number of hydrogen-bond donors (Lipinski definition) is 6. The standard InChI is InChI=1S/C24H50N4.C2H2O4/c1-21(2)15-19(16-22(3,4)27-21)25-13-11-9-10-12-14-26-20-17-23(5,6)28-24(7,8)18-20;3-1(4)2(5)6/h19-20,25-28H,9-18H2,1-8H3;(H,3,4)(H,5,6). The van der Waals surface area contributed by atoms with E-state index in [4.69, 9.17) is 19.8 Å². The van der Waals surface area contributed by atoms with Crippen LogP contribution in [0.5, 0.6) is 0 Å². The Kier molecular flexibility index (Phi) is 11.5. The van der Waals surface area contributed by atoms with Gasteiger partial charge in [-0.3, -0.25) is 0 Å². The third-order valence-corrected chi connectivity index (χ3v) is 6.53. The molecule has 2 rings (SSSR count). The predicted molar refractivity (Wildman–Crippen MR) is 138 cm³/mol. The predicted octanol–water partition coefficient (Wildman–Crippen LogP) is 3.50. The molecular formula is C26H52N4O4. The van der Waals surface area contributed by atoms with Crippen molar-refractivity contribution in [1.82, 2.24) is 21.3 Å². The number of piperidine rings is 2. The van der Waals surface area contributed by atoms with Crippen molar-refractivity contribution < 1.29 is 19.8 Å². The summed E-state index contributed by atoms with van der Waals surface area (Å²) in [6.07, 6.45) is 10.2. The van der Waals surface area contributed by atoms with Gasteiger partial charge in [-0.25, -0.2) is 9.59 Å². The Labute approximate surface area is 207 Å². The molecule has 0 unspecified atom stereocenters. The number of rotatable bonds is 9. The van der Waals surface area contributed by atoms with E-state index in [0.29, 0.717) is 12.1 Å². The third-order valence-electron chi connectivity index (χ3n) is 6.53. The van der Waals surface area contributed by atoms with Crippen LogP contribution in [0.15, 0.2) is 0 Å². The van der Waals surface area contributed by atoms with Gasteiger partial charge in [-0.05, 0) is 107 Å². The average molecular weight is 485 g/mol. The molecule has 2 aliphatic heterocycles. The van der Waals surface area contributed by atoms with E-state index >= 15 is 0 Å². The molecule has 0 aromatic heterocycles. The second-order valence-electron chi connectivity index (χ2n) is 12.9. The van der Waals surface area contributed by atoms with Crippen LogP contribution < -0.4 is 21.3 Å². The number of aliphatic carboxylic acids is 2. The number of hydrogen-bond acceptors (Lipinski definition) is 6. The number of carbonyl (C=O) groups is 2. The molecule has 0 aliphatic carbocycles. The molecule has 0 amide bonds. The Balaban J connectivity index is 0.000000852. The lowest BCUT2D eigenvalue weighted by atomic mass is 9.79. The van der Waals surface area contributed by atoms with Crippen molar-refractivity contribution in [3.63, 3.8) is 0 Å². The molecule has 0 bridgehead atoms. The van der Waals surface area contributed by atoms with Crippen LogP contribution in [0.3, 0.4) is 0 Å². The molecule has 2 aliphatic rings. The van der Waals surface area contributed by atoms with E-state index in [-0.39, 0.29) is 22.2 Å². The molecule has 0 saturated carbocycles. The molecule has 0 atom stereocenters. The first-order valence-electron chi connectivity index (χ1n) is 12.9. The van der Waals surface area contributed by atoms with Gasteiger partial charge < -0.3 is 31.5 Å². The zero-order valence-corrected chi connectivity index (χ0v) is 22.9. The highest BCUT2D eigenvalue weighted by atomic mass is 16.4. The number of unbranched alkanes of at least 4 members (excludes halogenated alkanes) is 3. The van der Waals surface area contributed by atoms with E-state index in [9.17, 15) is 0 Å². The maximum atomic E-state index is 9.10. The second kappa shape index (κ2) is 12.7. The second-order valence-corrected chi connectivity index (χ2v) is 12.9. The monoisotopic (exact) mass is 484 g/mol. The lowest BCUT2D eigenvalue weighted by molar-refractivity contribution is -0.159. The first-order chi connectivity index (χ1) is 15.4. The Morgan fingerprint density at radius 3 is 1.12 bits per heavy atom. The van der Waals surface area contributed by atoms with Crippen LogP contribution in [-0.4, -0.2) is 69.5 Å². The zero-order chi connectivity index (χ0) is 26.2. The minimum absolute atomic E-state index is 0.239. The van der Waals surface area contributed by atoms with Crippen molar-refractivity contribution in [2.24, 2.45) is 0 Å². The summed E-state index contributed by atoms with van der Waals surface area (Å²) in [7, 11) is 0. The van der Waals surface area contributed by atoms with Crippen molar-refractivity contribution in [3.05, 3.63) is 0 Å². The molecule has 0 aromatic rings. The van der Waals surface area contributed by atoms with Crippen LogP contribution in [0.4, 0.5) is 0 Å². The van der Waals surface area contributed by atoms with Crippen LogP contribution in [0.2, 0.25) is 0 Å². The molecule has 0 radical (unpaired) electrons. The average Bonchev–Trinajstić information content (AvgIpc) is 2.59. The van der Waals surface area contributed by atoms with Gasteiger partial charge in [0.2, 0.25) is 0 Å². The summed E-state index contributed by atoms with van der Waals surface area (Å²) in [5, 5.41) is 30.0. The fourth-order valence-corrected chi connectivity index (χ4v) is 6.15. The normalized spacial score (nSPS) is 23.5. The molecule has 2 fully saturated rings. The van der Waals surface area contributed by atoms with Crippen molar-refractivity contribution in [2.75, 3.05) is 13.1 Å². The van der Waals surface area contributed by atoms with Gasteiger partial charge in [0, 0.05) is 34.2 Å². The summed E-state index contributed by atoms with van der Waals surface area (Å²) in [5.74, 6) is -3.65. The van der Waals surface area contributed by atoms with E-state index in [2.05, 4.69) is 76.7 Å². The van der Waals surface area contributed by atoms with Crippen LogP contribution in [0.1, 0.15) is 107 Å². The number of carboxylic acids is 2. The largest absolute Gasteiger partial charge is 0.473 e. The van der Waals surface area contributed by atoms with Gasteiger partial charge in [-0.1, -0.05) is 12.8 Å². The molecule has 200 valence electrons. The lowest BCUT2D eigenvalue weighted by Gasteiger charge is -2.47. The van der Waals surface area contributed by atoms with Gasteiger partial charge in [0.25, 0.3) is 0 Å². The van der Waals surface area contributed by atoms with Crippen molar-refractivity contribution in [3.8, 4) is 0 Å². The van der Waals surface area contributed by atoms with E-state index in [1.807, 2.05) is 0 Å². The fraction of sp³-hybridized carbons (Fsp3) is 0.923. The first kappa shape index (κ1) is 30.8. The maximum absolute atomic E-state index is 9.10. The fourth-order valence-electron chi connectivity index (χ4n) is 6.15. The van der Waals surface area contributed by atoms with Gasteiger partial charge in [-0.15, -0.1) is 0 Å². The summed E-state index contributed by atoms with van der Waals surface area (Å²) < 4.78 is 0. The van der Waals surface area contributed by atoms with Crippen LogP contribution in [-0.2, 0) is 9.59 Å². The Hall–Kier alpha value is -1.22. The summed E-state index contributed by atoms with van der Waals surface area (Å²) >= 11 is 0. The molecule has 0 spiro atoms. The topological polar surface area (TPSA) is 123 Å². The Morgan fingerprint density at radius 1 is 0.618 bits per heavy atom. The summed E-state index contributed by atoms with van der Waals surface area (Å²) in [4.78, 5) is 18.2. The molecule has 0 aromatic carbocycles. The molecule has 6 N–H and O–H groups in total. The highest BCUT2D eigenvalue weighted by Gasteiger charge is 2.38. The summed E-state index contributed by atoms with van der Waals surface area (Å²) in [6.45, 7) is 21.0. The SMILES string of the molecule is CC1(C)CC(NCCCCCCNC2CC(C)(C)NC(C)(C)C2)CC(C)(C)N1.O=C(O)C(=O)O. The number of carboxylic acid groups (broad SMARTS) is 2. The minimum atomic E-state index is -1.82. The van der Waals surface area contributed by atoms with Crippen molar-refractivity contribution in [2.45, 2.75) is 141 Å². The van der Waals surface area contributed by atoms with E-state index in [0.717, 1.165) is 0 Å². The maximum Gasteiger partial charge on any atom is 0.414 e. The molecule has 34 heavy (non-hydrogen) atoms. The zero-order valence-electron chi connectivity index (χ0n) is 22.9. The minimum Gasteiger partial charge on any atom is -0.473 e.